The van der Waals surface area contributed by atoms with E-state index in [0.717, 1.165) is 5.92 Å². The van der Waals surface area contributed by atoms with Crippen molar-refractivity contribution in [1.82, 2.24) is 0 Å². The average Bonchev–Trinajstić information content (AvgIpc) is 1.69. The molecule has 0 heterocycles. The summed E-state index contributed by atoms with van der Waals surface area (Å²) in [7, 11) is 0. The second kappa shape index (κ2) is 4.84. The summed E-state index contributed by atoms with van der Waals surface area (Å²) in [6, 6.07) is 0. The predicted octanol–water partition coefficient (Wildman–Crippen LogP) is -0.595. The normalized spacial score (nSPS) is 22.1. The smallest absolute Gasteiger partial charge is 0.328 e. The summed E-state index contributed by atoms with van der Waals surface area (Å²) < 4.78 is 0. The Hall–Kier alpha value is 1.00. The third-order valence-corrected chi connectivity index (χ3v) is 1.73. The van der Waals surface area contributed by atoms with E-state index in [0.29, 0.717) is 0 Å². The standard InChI is InChI=1S/C7H13.Na/c1-7-5-3-2-4-6-7;/h2,7H,3-6H2,1H3;/q-1;+1. The molecule has 0 radical (unpaired) electrons. The van der Waals surface area contributed by atoms with E-state index in [1.54, 1.807) is 0 Å². The summed E-state index contributed by atoms with van der Waals surface area (Å²) in [4.78, 5) is 0. The van der Waals surface area contributed by atoms with Crippen LogP contribution >= 0.6 is 0 Å². The van der Waals surface area contributed by atoms with E-state index >= 15 is 0 Å². The van der Waals surface area contributed by atoms with Crippen LogP contribution in [0.2, 0.25) is 0 Å². The largest absolute Gasteiger partial charge is 1.00 e. The minimum atomic E-state index is 0. The molecule has 1 fully saturated rings. The molecule has 0 amide bonds. The summed E-state index contributed by atoms with van der Waals surface area (Å²) in [5, 5.41) is 0. The molecule has 0 spiro atoms. The van der Waals surface area contributed by atoms with Crippen LogP contribution in [0.15, 0.2) is 0 Å². The van der Waals surface area contributed by atoms with Crippen molar-refractivity contribution in [3.63, 3.8) is 0 Å². The molecule has 1 aliphatic carbocycles. The first kappa shape index (κ1) is 9.00. The summed E-state index contributed by atoms with van der Waals surface area (Å²) in [5.74, 6) is 1.00. The van der Waals surface area contributed by atoms with Gasteiger partial charge in [0.2, 0.25) is 0 Å². The van der Waals surface area contributed by atoms with E-state index in [4.69, 9.17) is 0 Å². The van der Waals surface area contributed by atoms with Crippen molar-refractivity contribution < 1.29 is 29.6 Å². The Balaban J connectivity index is 0.000000490. The minimum absolute atomic E-state index is 0. The fraction of sp³-hybridized carbons (Fsp3) is 0.857. The molecule has 0 atom stereocenters. The molecule has 8 heavy (non-hydrogen) atoms. The summed E-state index contributed by atoms with van der Waals surface area (Å²) in [5.41, 5.74) is 0. The second-order valence-electron chi connectivity index (χ2n) is 2.55. The van der Waals surface area contributed by atoms with Crippen LogP contribution < -0.4 is 29.6 Å². The molecule has 0 unspecified atom stereocenters. The van der Waals surface area contributed by atoms with Gasteiger partial charge in [-0.05, 0) is 5.92 Å². The van der Waals surface area contributed by atoms with Crippen molar-refractivity contribution in [2.24, 2.45) is 5.92 Å². The van der Waals surface area contributed by atoms with Crippen LogP contribution in [0.25, 0.3) is 0 Å². The van der Waals surface area contributed by atoms with Crippen LogP contribution in [0.4, 0.5) is 0 Å². The first-order chi connectivity index (χ1) is 3.39. The summed E-state index contributed by atoms with van der Waals surface area (Å²) in [6.45, 7) is 2.34. The van der Waals surface area contributed by atoms with E-state index < -0.39 is 0 Å². The van der Waals surface area contributed by atoms with Gasteiger partial charge >= 0.3 is 29.6 Å². The van der Waals surface area contributed by atoms with E-state index in [-0.39, 0.29) is 29.6 Å². The zero-order valence-corrected chi connectivity index (χ0v) is 7.98. The van der Waals surface area contributed by atoms with Crippen LogP contribution in [0.3, 0.4) is 0 Å². The van der Waals surface area contributed by atoms with Crippen molar-refractivity contribution in [3.05, 3.63) is 6.42 Å². The second-order valence-corrected chi connectivity index (χ2v) is 2.55. The van der Waals surface area contributed by atoms with Crippen molar-refractivity contribution in [2.45, 2.75) is 32.6 Å². The first-order valence-corrected chi connectivity index (χ1v) is 3.21. The summed E-state index contributed by atoms with van der Waals surface area (Å²) >= 11 is 0. The Morgan fingerprint density at radius 3 is 2.00 bits per heavy atom. The number of hydrogen-bond acceptors (Lipinski definition) is 0. The van der Waals surface area contributed by atoms with Gasteiger partial charge in [-0.3, -0.25) is 0 Å². The number of hydrogen-bond donors (Lipinski definition) is 0. The summed E-state index contributed by atoms with van der Waals surface area (Å²) in [6.07, 6.45) is 7.99. The zero-order valence-electron chi connectivity index (χ0n) is 5.98. The first-order valence-electron chi connectivity index (χ1n) is 3.21. The van der Waals surface area contributed by atoms with Crippen molar-refractivity contribution in [3.8, 4) is 0 Å². The molecule has 1 aliphatic rings. The van der Waals surface area contributed by atoms with Gasteiger partial charge in [-0.25, -0.2) is 0 Å². The fourth-order valence-corrected chi connectivity index (χ4v) is 1.09. The van der Waals surface area contributed by atoms with Crippen LogP contribution in [0.5, 0.6) is 0 Å². The molecular weight excluding hydrogens is 107 g/mol. The Morgan fingerprint density at radius 2 is 1.75 bits per heavy atom. The molecule has 0 N–H and O–H groups in total. The molecule has 1 saturated carbocycles. The van der Waals surface area contributed by atoms with Gasteiger partial charge in [0.15, 0.2) is 0 Å². The molecule has 0 aromatic carbocycles. The van der Waals surface area contributed by atoms with E-state index in [1.807, 2.05) is 0 Å². The number of rotatable bonds is 0. The molecule has 1 rings (SSSR count). The Bertz CT molecular complexity index is 46.3. The maximum atomic E-state index is 2.40. The average molecular weight is 120 g/mol. The van der Waals surface area contributed by atoms with Gasteiger partial charge in [-0.1, -0.05) is 19.8 Å². The maximum absolute atomic E-state index is 2.40. The molecule has 0 nitrogen and oxygen atoms in total. The molecular formula is C7H13Na. The topological polar surface area (TPSA) is 0 Å². The molecule has 0 aliphatic heterocycles. The van der Waals surface area contributed by atoms with Gasteiger partial charge in [0, 0.05) is 0 Å². The molecule has 0 bridgehead atoms. The van der Waals surface area contributed by atoms with E-state index in [9.17, 15) is 0 Å². The fourth-order valence-electron chi connectivity index (χ4n) is 1.09. The quantitative estimate of drug-likeness (QED) is 0.296. The Kier molecular flexibility index (Phi) is 5.44. The maximum Gasteiger partial charge on any atom is 1.00 e. The van der Waals surface area contributed by atoms with Gasteiger partial charge in [0.1, 0.15) is 0 Å². The van der Waals surface area contributed by atoms with Gasteiger partial charge in [0.25, 0.3) is 0 Å². The van der Waals surface area contributed by atoms with E-state index in [1.165, 1.54) is 25.7 Å². The van der Waals surface area contributed by atoms with E-state index in [2.05, 4.69) is 13.3 Å². The Morgan fingerprint density at radius 1 is 1.25 bits per heavy atom. The van der Waals surface area contributed by atoms with Crippen molar-refractivity contribution in [1.29, 1.82) is 0 Å². The van der Waals surface area contributed by atoms with Crippen molar-refractivity contribution in [2.75, 3.05) is 0 Å². The van der Waals surface area contributed by atoms with Gasteiger partial charge in [0.05, 0.1) is 0 Å². The van der Waals surface area contributed by atoms with Gasteiger partial charge < -0.3 is 6.42 Å². The van der Waals surface area contributed by atoms with Crippen LogP contribution in [0, 0.1) is 12.3 Å². The Labute approximate surface area is 74.3 Å². The van der Waals surface area contributed by atoms with Crippen LogP contribution in [-0.4, -0.2) is 0 Å². The van der Waals surface area contributed by atoms with Crippen molar-refractivity contribution >= 4 is 0 Å². The molecule has 0 saturated heterocycles. The molecule has 0 aromatic rings. The molecule has 42 valence electrons. The SMILES string of the molecule is CC1CC[CH-]CC1.[Na+]. The third kappa shape index (κ3) is 3.11. The zero-order chi connectivity index (χ0) is 5.11. The monoisotopic (exact) mass is 120 g/mol. The minimum Gasteiger partial charge on any atom is -0.328 e. The van der Waals surface area contributed by atoms with Gasteiger partial charge in [-0.2, -0.15) is 12.8 Å². The van der Waals surface area contributed by atoms with Gasteiger partial charge in [-0.15, -0.1) is 0 Å². The predicted molar refractivity (Wildman–Crippen MR) is 31.9 cm³/mol. The van der Waals surface area contributed by atoms with Crippen LogP contribution in [-0.2, 0) is 0 Å². The molecule has 1 heteroatoms. The van der Waals surface area contributed by atoms with Crippen LogP contribution in [0.1, 0.15) is 32.6 Å². The molecule has 0 aromatic heterocycles. The third-order valence-electron chi connectivity index (χ3n) is 1.73.